The molecule has 7 N–H and O–H groups in total. The molecule has 1 aliphatic rings. The van der Waals surface area contributed by atoms with Crippen LogP contribution < -0.4 is 21.8 Å². The molecule has 0 atom stereocenters. The van der Waals surface area contributed by atoms with Gasteiger partial charge >= 0.3 is 6.08 Å². The number of rotatable bonds is 10. The minimum atomic E-state index is -4.89. The monoisotopic (exact) mass is 778 g/mol. The number of hydrazone groups is 1. The second kappa shape index (κ2) is 14.4. The van der Waals surface area contributed by atoms with Crippen LogP contribution in [0.2, 0.25) is 5.02 Å². The first-order valence-electron chi connectivity index (χ1n) is 14.9. The fourth-order valence-corrected chi connectivity index (χ4v) is 6.36. The van der Waals surface area contributed by atoms with E-state index in [4.69, 9.17) is 17.3 Å². The van der Waals surface area contributed by atoms with Crippen molar-refractivity contribution in [3.63, 3.8) is 0 Å². The van der Waals surface area contributed by atoms with Crippen molar-refractivity contribution in [3.8, 4) is 0 Å². The highest BCUT2D eigenvalue weighted by Gasteiger charge is 2.30. The zero-order valence-electron chi connectivity index (χ0n) is 26.9. The number of nitrogens with one attached hydrogen (secondary N) is 3. The van der Waals surface area contributed by atoms with Gasteiger partial charge in [0, 0.05) is 16.4 Å². The zero-order chi connectivity index (χ0) is 38.1. The molecule has 4 aromatic carbocycles. The van der Waals surface area contributed by atoms with Gasteiger partial charge in [-0.15, -0.1) is 5.11 Å². The summed E-state index contributed by atoms with van der Waals surface area (Å²) in [5, 5.41) is 17.8. The fourth-order valence-electron chi connectivity index (χ4n) is 4.88. The summed E-state index contributed by atoms with van der Waals surface area (Å²) in [6, 6.07) is 17.5. The van der Waals surface area contributed by atoms with Crippen LogP contribution in [-0.2, 0) is 20.2 Å². The lowest BCUT2D eigenvalue weighted by molar-refractivity contribution is 0.106. The van der Waals surface area contributed by atoms with Crippen molar-refractivity contribution in [1.29, 1.82) is 0 Å². The maximum atomic E-state index is 14.3. The average Bonchev–Trinajstić information content (AvgIpc) is 3.07. The number of azo groups is 1. The van der Waals surface area contributed by atoms with Crippen molar-refractivity contribution in [1.82, 2.24) is 15.0 Å². The normalized spacial score (nSPS) is 13.7. The molecule has 1 aromatic heterocycles. The summed E-state index contributed by atoms with van der Waals surface area (Å²) in [7, 11) is -9.75. The number of hydrogen-bond donors (Lipinski definition) is 6. The van der Waals surface area contributed by atoms with Gasteiger partial charge in [-0.2, -0.15) is 46.4 Å². The molecule has 270 valence electrons. The van der Waals surface area contributed by atoms with Gasteiger partial charge in [0.25, 0.3) is 20.2 Å². The Kier molecular flexibility index (Phi) is 9.97. The molecule has 1 heterocycles. The van der Waals surface area contributed by atoms with E-state index in [0.717, 1.165) is 23.8 Å². The largest absolute Gasteiger partial charge is 0.396 e. The Hall–Kier alpha value is -6.19. The van der Waals surface area contributed by atoms with Crippen LogP contribution in [0.5, 0.6) is 0 Å². The lowest BCUT2D eigenvalue weighted by Gasteiger charge is -2.17. The van der Waals surface area contributed by atoms with Crippen LogP contribution in [0.1, 0.15) is 21.5 Å². The number of allylic oxidation sites excluding steroid dienone is 1. The Labute approximate surface area is 305 Å². The van der Waals surface area contributed by atoms with Crippen LogP contribution in [0, 0.1) is 13.0 Å². The SMILES string of the molecule is Cc1ccc(/N=N/c2c(S(=O)(=O)O)cc3c(c2N)C(=O)/C(=N\Nc2cc(Nc4nc(F)nc(Nc5cccc(Cl)c5)n4)ccc2S(=O)(=O)O)C=C3)cc1. The summed E-state index contributed by atoms with van der Waals surface area (Å²) in [5.74, 6) is -1.33. The number of aryl methyl sites for hydroxylation is 1. The maximum absolute atomic E-state index is 14.3. The third-order valence-corrected chi connectivity index (χ3v) is 9.30. The van der Waals surface area contributed by atoms with Crippen molar-refractivity contribution >= 4 is 95.4 Å². The molecule has 0 aliphatic heterocycles. The third-order valence-electron chi connectivity index (χ3n) is 7.29. The molecule has 6 rings (SSSR count). The first-order chi connectivity index (χ1) is 25.0. The Morgan fingerprint density at radius 1 is 0.811 bits per heavy atom. The third kappa shape index (κ3) is 8.48. The van der Waals surface area contributed by atoms with Gasteiger partial charge < -0.3 is 16.4 Å². The van der Waals surface area contributed by atoms with Gasteiger partial charge in [-0.05, 0) is 73.2 Å². The minimum absolute atomic E-state index is 0.00647. The van der Waals surface area contributed by atoms with E-state index in [2.05, 4.69) is 46.3 Å². The van der Waals surface area contributed by atoms with E-state index < -0.39 is 53.3 Å². The number of aromatic nitrogens is 3. The predicted molar refractivity (Wildman–Crippen MR) is 195 cm³/mol. The van der Waals surface area contributed by atoms with Gasteiger partial charge in [0.1, 0.15) is 21.2 Å². The van der Waals surface area contributed by atoms with E-state index in [1.165, 1.54) is 18.2 Å². The van der Waals surface area contributed by atoms with Gasteiger partial charge in [-0.25, -0.2) is 0 Å². The molecule has 0 fully saturated rings. The maximum Gasteiger partial charge on any atom is 0.315 e. The van der Waals surface area contributed by atoms with Crippen molar-refractivity contribution in [2.24, 2.45) is 15.3 Å². The van der Waals surface area contributed by atoms with E-state index >= 15 is 0 Å². The van der Waals surface area contributed by atoms with E-state index in [9.17, 15) is 35.1 Å². The molecule has 53 heavy (non-hydrogen) atoms. The van der Waals surface area contributed by atoms with Crippen molar-refractivity contribution in [2.45, 2.75) is 16.7 Å². The predicted octanol–water partition coefficient (Wildman–Crippen LogP) is 6.63. The van der Waals surface area contributed by atoms with Crippen LogP contribution in [0.25, 0.3) is 6.08 Å². The van der Waals surface area contributed by atoms with E-state index in [1.807, 2.05) is 6.92 Å². The number of nitrogens with two attached hydrogens (primary N) is 1. The van der Waals surface area contributed by atoms with Crippen molar-refractivity contribution in [2.75, 3.05) is 21.8 Å². The average molecular weight is 779 g/mol. The molecule has 0 spiro atoms. The number of benzene rings is 4. The van der Waals surface area contributed by atoms with Gasteiger partial charge in [0.2, 0.25) is 17.7 Å². The number of nitrogen functional groups attached to an aromatic ring is 1. The van der Waals surface area contributed by atoms with Gasteiger partial charge in [0.05, 0.1) is 22.6 Å². The number of ketones is 1. The molecule has 0 bridgehead atoms. The van der Waals surface area contributed by atoms with Gasteiger partial charge in [-0.1, -0.05) is 41.4 Å². The summed E-state index contributed by atoms with van der Waals surface area (Å²) in [6.07, 6.45) is 1.31. The Morgan fingerprint density at radius 2 is 1.47 bits per heavy atom. The van der Waals surface area contributed by atoms with Crippen LogP contribution in [0.3, 0.4) is 0 Å². The van der Waals surface area contributed by atoms with E-state index in [0.29, 0.717) is 16.4 Å². The molecule has 0 radical (unpaired) electrons. The fraction of sp³-hybridized carbons (Fsp3) is 0.0312. The standard InChI is InChI=1S/C32H24ClFN10O7S2/c1-16-5-8-19(9-6-16)41-44-28-25(53(49,50)51)13-17-7-11-22(29(45)26(17)27(28)35)42-43-23-15-21(10-12-24(23)52(46,47)48)37-32-39-30(34)38-31(40-32)36-20-4-2-3-18(33)14-20/h2-15,43H,35H2,1H3,(H,46,47,48)(H,49,50,51)(H2,36,37,38,39,40)/b42-22-,44-41+. The summed E-state index contributed by atoms with van der Waals surface area (Å²) in [4.78, 5) is 23.6. The highest BCUT2D eigenvalue weighted by Crippen LogP contribution is 2.39. The van der Waals surface area contributed by atoms with Crippen molar-refractivity contribution < 1.29 is 35.1 Å². The van der Waals surface area contributed by atoms with Crippen LogP contribution in [-0.4, -0.2) is 52.4 Å². The molecular formula is C32H24ClFN10O7S2. The summed E-state index contributed by atoms with van der Waals surface area (Å²) in [6.45, 7) is 1.85. The second-order valence-corrected chi connectivity index (χ2v) is 14.3. The molecule has 0 unspecified atom stereocenters. The first kappa shape index (κ1) is 36.6. The van der Waals surface area contributed by atoms with Crippen molar-refractivity contribution in [3.05, 3.63) is 107 Å². The van der Waals surface area contributed by atoms with Crippen LogP contribution in [0.15, 0.2) is 104 Å². The zero-order valence-corrected chi connectivity index (χ0v) is 29.2. The second-order valence-electron chi connectivity index (χ2n) is 11.1. The molecule has 0 amide bonds. The lowest BCUT2D eigenvalue weighted by Crippen LogP contribution is -2.21. The number of carbonyl (C=O) groups excluding carboxylic acids is 1. The van der Waals surface area contributed by atoms with Gasteiger partial charge in [-0.3, -0.25) is 19.3 Å². The molecule has 21 heteroatoms. The summed E-state index contributed by atoms with van der Waals surface area (Å²) >= 11 is 6.00. The highest BCUT2D eigenvalue weighted by atomic mass is 35.5. The van der Waals surface area contributed by atoms with Gasteiger partial charge in [0.15, 0.2) is 0 Å². The van der Waals surface area contributed by atoms with E-state index in [1.54, 1.807) is 48.5 Å². The number of anilines is 6. The Morgan fingerprint density at radius 3 is 2.11 bits per heavy atom. The smallest absolute Gasteiger partial charge is 0.315 e. The molecule has 17 nitrogen and oxygen atoms in total. The molecule has 5 aromatic rings. The summed E-state index contributed by atoms with van der Waals surface area (Å²) in [5.41, 5.74) is 8.63. The molecule has 1 aliphatic carbocycles. The number of Topliss-reactive ketones (excluding diaryl/α,β-unsaturated/α-hetero) is 1. The number of halogens is 2. The summed E-state index contributed by atoms with van der Waals surface area (Å²) < 4.78 is 83.1. The quantitative estimate of drug-likeness (QED) is 0.0376. The van der Waals surface area contributed by atoms with E-state index in [-0.39, 0.29) is 40.1 Å². The molecular weight excluding hydrogens is 755 g/mol. The lowest BCUT2D eigenvalue weighted by atomic mass is 9.92. The molecule has 0 saturated carbocycles. The Balaban J connectivity index is 1.31. The highest BCUT2D eigenvalue weighted by molar-refractivity contribution is 7.86. The Bertz CT molecular complexity index is 2620. The van der Waals surface area contributed by atoms with Crippen LogP contribution in [0.4, 0.5) is 50.4 Å². The topological polar surface area (TPSA) is 264 Å². The first-order valence-corrected chi connectivity index (χ1v) is 18.1. The number of carbonyl (C=O) groups is 1. The van der Waals surface area contributed by atoms with Crippen LogP contribution >= 0.6 is 11.6 Å². The number of nitrogens with zero attached hydrogens (tertiary/aromatic N) is 6. The number of fused-ring (bicyclic) bond motifs is 1. The molecule has 0 saturated heterocycles. The number of hydrogen-bond acceptors (Lipinski definition) is 15. The minimum Gasteiger partial charge on any atom is -0.396 e.